The Morgan fingerprint density at radius 1 is 1.56 bits per heavy atom. The van der Waals surface area contributed by atoms with Gasteiger partial charge in [0.1, 0.15) is 0 Å². The molecule has 2 rings (SSSR count). The third kappa shape index (κ3) is 4.63. The number of nitrogens with two attached hydrogens (primary N) is 1. The van der Waals surface area contributed by atoms with E-state index >= 15 is 0 Å². The Bertz CT molecular complexity index is 423. The van der Waals surface area contributed by atoms with Crippen molar-refractivity contribution in [3.05, 3.63) is 28.7 Å². The average Bonchev–Trinajstić information content (AvgIpc) is 3.11. The van der Waals surface area contributed by atoms with Crippen LogP contribution in [0, 0.1) is 0 Å². The molecule has 0 saturated heterocycles. The largest absolute Gasteiger partial charge is 0.368 e. The molecule has 1 aromatic carbocycles. The molecular formula is C13H17BrN2OS. The van der Waals surface area contributed by atoms with Crippen molar-refractivity contribution in [2.75, 3.05) is 5.75 Å². The second-order valence-corrected chi connectivity index (χ2v) is 6.57. The van der Waals surface area contributed by atoms with E-state index in [9.17, 15) is 4.79 Å². The number of thioether (sulfide) groups is 1. The highest BCUT2D eigenvalue weighted by Gasteiger charge is 2.26. The van der Waals surface area contributed by atoms with Crippen molar-refractivity contribution in [2.45, 2.75) is 36.2 Å². The molecule has 3 nitrogen and oxygen atoms in total. The Hall–Kier alpha value is -0.520. The number of carbonyl (C=O) groups is 1. The van der Waals surface area contributed by atoms with Crippen LogP contribution in [0.5, 0.6) is 0 Å². The molecule has 0 bridgehead atoms. The molecule has 5 heteroatoms. The predicted molar refractivity (Wildman–Crippen MR) is 78.6 cm³/mol. The van der Waals surface area contributed by atoms with Gasteiger partial charge in [-0.05, 0) is 43.2 Å². The van der Waals surface area contributed by atoms with E-state index in [4.69, 9.17) is 5.73 Å². The molecule has 1 aliphatic rings. The van der Waals surface area contributed by atoms with Gasteiger partial charge in [0.15, 0.2) is 0 Å². The molecule has 0 heterocycles. The van der Waals surface area contributed by atoms with Crippen LogP contribution in [0.4, 0.5) is 0 Å². The fourth-order valence-corrected chi connectivity index (χ4v) is 3.22. The van der Waals surface area contributed by atoms with Crippen molar-refractivity contribution in [1.29, 1.82) is 0 Å². The number of primary amides is 1. The summed E-state index contributed by atoms with van der Waals surface area (Å²) in [6, 6.07) is 8.50. The van der Waals surface area contributed by atoms with E-state index in [1.54, 1.807) is 11.8 Å². The summed E-state index contributed by atoms with van der Waals surface area (Å²) in [5.41, 5.74) is 5.40. The Morgan fingerprint density at radius 3 is 2.94 bits per heavy atom. The van der Waals surface area contributed by atoms with Gasteiger partial charge in [-0.1, -0.05) is 22.0 Å². The third-order valence-electron chi connectivity index (χ3n) is 2.83. The maximum atomic E-state index is 11.3. The summed E-state index contributed by atoms with van der Waals surface area (Å²) in [5, 5.41) is 3.29. The molecule has 1 fully saturated rings. The van der Waals surface area contributed by atoms with Crippen LogP contribution in [-0.2, 0) is 4.79 Å². The van der Waals surface area contributed by atoms with Crippen LogP contribution >= 0.6 is 27.7 Å². The lowest BCUT2D eigenvalue weighted by molar-refractivity contribution is -0.120. The summed E-state index contributed by atoms with van der Waals surface area (Å²) in [5.74, 6) is 0.654. The van der Waals surface area contributed by atoms with Gasteiger partial charge in [-0.15, -0.1) is 11.8 Å². The standard InChI is InChI=1S/C13H17BrN2OS/c14-9-2-1-3-11(8-9)18-7-6-12(13(15)17)16-10-4-5-10/h1-3,8,10,12,16H,4-7H2,(H2,15,17). The minimum atomic E-state index is -0.239. The summed E-state index contributed by atoms with van der Waals surface area (Å²) < 4.78 is 1.08. The first-order valence-corrected chi connectivity index (χ1v) is 7.87. The number of hydrogen-bond acceptors (Lipinski definition) is 3. The number of nitrogens with one attached hydrogen (secondary N) is 1. The Morgan fingerprint density at radius 2 is 2.33 bits per heavy atom. The van der Waals surface area contributed by atoms with Crippen LogP contribution in [0.15, 0.2) is 33.6 Å². The summed E-state index contributed by atoms with van der Waals surface area (Å²) in [6.45, 7) is 0. The minimum Gasteiger partial charge on any atom is -0.368 e. The van der Waals surface area contributed by atoms with E-state index in [0.717, 1.165) is 16.6 Å². The lowest BCUT2D eigenvalue weighted by Gasteiger charge is -2.14. The van der Waals surface area contributed by atoms with Crippen LogP contribution in [0.1, 0.15) is 19.3 Å². The highest BCUT2D eigenvalue weighted by molar-refractivity contribution is 9.10. The van der Waals surface area contributed by atoms with Gasteiger partial charge < -0.3 is 11.1 Å². The summed E-state index contributed by atoms with van der Waals surface area (Å²) in [6.07, 6.45) is 3.12. The molecule has 1 atom stereocenters. The van der Waals surface area contributed by atoms with Crippen molar-refractivity contribution < 1.29 is 4.79 Å². The first kappa shape index (κ1) is 13.9. The van der Waals surface area contributed by atoms with Crippen LogP contribution < -0.4 is 11.1 Å². The van der Waals surface area contributed by atoms with Crippen molar-refractivity contribution in [1.82, 2.24) is 5.32 Å². The normalized spacial score (nSPS) is 16.5. The lowest BCUT2D eigenvalue weighted by Crippen LogP contribution is -2.42. The van der Waals surface area contributed by atoms with Gasteiger partial charge in [0.25, 0.3) is 0 Å². The Balaban J connectivity index is 1.77. The van der Waals surface area contributed by atoms with E-state index in [-0.39, 0.29) is 11.9 Å². The van der Waals surface area contributed by atoms with Gasteiger partial charge in [0, 0.05) is 15.4 Å². The SMILES string of the molecule is NC(=O)C(CCSc1cccc(Br)c1)NC1CC1. The van der Waals surface area contributed by atoms with Gasteiger partial charge in [0.05, 0.1) is 6.04 Å². The van der Waals surface area contributed by atoms with E-state index in [2.05, 4.69) is 33.4 Å². The number of hydrogen-bond donors (Lipinski definition) is 2. The minimum absolute atomic E-state index is 0.183. The lowest BCUT2D eigenvalue weighted by atomic mass is 10.2. The van der Waals surface area contributed by atoms with Gasteiger partial charge in [-0.25, -0.2) is 0 Å². The van der Waals surface area contributed by atoms with Gasteiger partial charge >= 0.3 is 0 Å². The van der Waals surface area contributed by atoms with Crippen LogP contribution in [0.2, 0.25) is 0 Å². The molecule has 0 spiro atoms. The molecule has 0 radical (unpaired) electrons. The molecule has 3 N–H and O–H groups in total. The van der Waals surface area contributed by atoms with Crippen molar-refractivity contribution in [3.63, 3.8) is 0 Å². The van der Waals surface area contributed by atoms with E-state index in [1.165, 1.54) is 17.7 Å². The molecule has 1 aliphatic carbocycles. The second kappa shape index (κ2) is 6.59. The summed E-state index contributed by atoms with van der Waals surface area (Å²) in [7, 11) is 0. The summed E-state index contributed by atoms with van der Waals surface area (Å²) in [4.78, 5) is 12.5. The van der Waals surface area contributed by atoms with Crippen LogP contribution in [-0.4, -0.2) is 23.7 Å². The van der Waals surface area contributed by atoms with Crippen molar-refractivity contribution in [3.8, 4) is 0 Å². The van der Waals surface area contributed by atoms with Crippen LogP contribution in [0.25, 0.3) is 0 Å². The summed E-state index contributed by atoms with van der Waals surface area (Å²) >= 11 is 5.20. The second-order valence-electron chi connectivity index (χ2n) is 4.49. The van der Waals surface area contributed by atoms with E-state index in [0.29, 0.717) is 6.04 Å². The first-order chi connectivity index (χ1) is 8.65. The third-order valence-corrected chi connectivity index (χ3v) is 4.35. The molecule has 1 aromatic rings. The molecule has 0 aliphatic heterocycles. The van der Waals surface area contributed by atoms with E-state index < -0.39 is 0 Å². The fourth-order valence-electron chi connectivity index (χ4n) is 1.69. The number of benzene rings is 1. The molecule has 1 amide bonds. The zero-order valence-corrected chi connectivity index (χ0v) is 12.5. The highest BCUT2D eigenvalue weighted by atomic mass is 79.9. The maximum Gasteiger partial charge on any atom is 0.234 e. The zero-order chi connectivity index (χ0) is 13.0. The molecule has 18 heavy (non-hydrogen) atoms. The zero-order valence-electron chi connectivity index (χ0n) is 10.1. The monoisotopic (exact) mass is 328 g/mol. The fraction of sp³-hybridized carbons (Fsp3) is 0.462. The van der Waals surface area contributed by atoms with E-state index in [1.807, 2.05) is 12.1 Å². The average molecular weight is 329 g/mol. The molecule has 0 aromatic heterocycles. The molecule has 98 valence electrons. The van der Waals surface area contributed by atoms with Gasteiger partial charge in [0.2, 0.25) is 5.91 Å². The quantitative estimate of drug-likeness (QED) is 0.756. The number of halogens is 1. The topological polar surface area (TPSA) is 55.1 Å². The van der Waals surface area contributed by atoms with Crippen molar-refractivity contribution >= 4 is 33.6 Å². The van der Waals surface area contributed by atoms with Crippen LogP contribution in [0.3, 0.4) is 0 Å². The predicted octanol–water partition coefficient (Wildman–Crippen LogP) is 2.54. The highest BCUT2D eigenvalue weighted by Crippen LogP contribution is 2.24. The maximum absolute atomic E-state index is 11.3. The Kier molecular flexibility index (Phi) is 5.09. The smallest absolute Gasteiger partial charge is 0.234 e. The molecular weight excluding hydrogens is 312 g/mol. The number of carbonyl (C=O) groups excluding carboxylic acids is 1. The number of rotatable bonds is 7. The first-order valence-electron chi connectivity index (χ1n) is 6.09. The Labute approximate surface area is 120 Å². The van der Waals surface area contributed by atoms with Gasteiger partial charge in [-0.3, -0.25) is 4.79 Å². The molecule has 1 saturated carbocycles. The van der Waals surface area contributed by atoms with Gasteiger partial charge in [-0.2, -0.15) is 0 Å². The van der Waals surface area contributed by atoms with Crippen molar-refractivity contribution in [2.24, 2.45) is 5.73 Å². The number of amides is 1. The molecule has 1 unspecified atom stereocenters.